The molecule has 36 heavy (non-hydrogen) atoms. The van der Waals surface area contributed by atoms with Gasteiger partial charge in [-0.15, -0.1) is 0 Å². The molecule has 10 nitrogen and oxygen atoms in total. The molecule has 0 aromatic carbocycles. The summed E-state index contributed by atoms with van der Waals surface area (Å²) in [6.07, 6.45) is 2.97. The lowest BCUT2D eigenvalue weighted by molar-refractivity contribution is -0.140. The minimum atomic E-state index is -0.231. The summed E-state index contributed by atoms with van der Waals surface area (Å²) in [4.78, 5) is 37.9. The van der Waals surface area contributed by atoms with Gasteiger partial charge in [0.2, 0.25) is 17.7 Å². The first-order chi connectivity index (χ1) is 17.3. The number of amides is 3. The molecule has 1 fully saturated rings. The molecule has 0 saturated carbocycles. The van der Waals surface area contributed by atoms with Crippen molar-refractivity contribution in [3.63, 3.8) is 0 Å². The predicted molar refractivity (Wildman–Crippen MR) is 136 cm³/mol. The van der Waals surface area contributed by atoms with Crippen LogP contribution in [0.3, 0.4) is 0 Å². The van der Waals surface area contributed by atoms with Crippen LogP contribution in [0.25, 0.3) is 0 Å². The maximum Gasteiger partial charge on any atom is 0.233 e. The Bertz CT molecular complexity index is 624. The van der Waals surface area contributed by atoms with Gasteiger partial charge in [-0.05, 0) is 25.2 Å². The Balaban J connectivity index is 1.86. The highest BCUT2D eigenvalue weighted by Crippen LogP contribution is 2.35. The van der Waals surface area contributed by atoms with Crippen molar-refractivity contribution in [3.05, 3.63) is 0 Å². The Morgan fingerprint density at radius 2 is 1.36 bits per heavy atom. The van der Waals surface area contributed by atoms with Gasteiger partial charge in [-0.2, -0.15) is 0 Å². The van der Waals surface area contributed by atoms with Crippen molar-refractivity contribution in [2.24, 2.45) is 11.3 Å². The fraction of sp³-hybridized carbons (Fsp3) is 0.885. The van der Waals surface area contributed by atoms with Crippen LogP contribution in [-0.2, 0) is 38.1 Å². The standard InChI is InChI=1S/C26H48N2O8/c1-5-32-13-14-34-17-18-36-20-19-35-16-15-33-12-10-27-23(29)9-7-6-8-11-28-24(30)21-22(25(28)31)26(2,3)4/h22H,5-21H2,1-4H3,(H,27,29). The van der Waals surface area contributed by atoms with Crippen LogP contribution in [0, 0.1) is 11.3 Å². The smallest absolute Gasteiger partial charge is 0.233 e. The number of nitrogens with zero attached hydrogens (tertiary/aromatic N) is 1. The first-order valence-corrected chi connectivity index (χ1v) is 13.3. The number of ether oxygens (including phenoxy) is 5. The van der Waals surface area contributed by atoms with Gasteiger partial charge in [-0.25, -0.2) is 0 Å². The molecule has 1 N–H and O–H groups in total. The van der Waals surface area contributed by atoms with Gasteiger partial charge in [0.1, 0.15) is 0 Å². The zero-order valence-electron chi connectivity index (χ0n) is 22.8. The summed E-state index contributed by atoms with van der Waals surface area (Å²) >= 11 is 0. The van der Waals surface area contributed by atoms with Crippen LogP contribution in [0.1, 0.15) is 59.8 Å². The maximum absolute atomic E-state index is 12.5. The second kappa shape index (κ2) is 19.5. The van der Waals surface area contributed by atoms with Gasteiger partial charge in [-0.3, -0.25) is 19.3 Å². The number of unbranched alkanes of at least 4 members (excludes halogenated alkanes) is 2. The lowest BCUT2D eigenvalue weighted by atomic mass is 9.80. The molecule has 0 radical (unpaired) electrons. The molecular formula is C26H48N2O8. The Hall–Kier alpha value is -1.59. The van der Waals surface area contributed by atoms with Gasteiger partial charge in [-0.1, -0.05) is 27.2 Å². The van der Waals surface area contributed by atoms with Crippen molar-refractivity contribution < 1.29 is 38.1 Å². The minimum Gasteiger partial charge on any atom is -0.379 e. The van der Waals surface area contributed by atoms with Crippen LogP contribution < -0.4 is 5.32 Å². The monoisotopic (exact) mass is 516 g/mol. The number of likely N-dealkylation sites (tertiary alicyclic amines) is 1. The van der Waals surface area contributed by atoms with E-state index in [4.69, 9.17) is 23.7 Å². The van der Waals surface area contributed by atoms with Crippen molar-refractivity contribution >= 4 is 17.7 Å². The number of hydrogen-bond acceptors (Lipinski definition) is 8. The zero-order valence-corrected chi connectivity index (χ0v) is 22.8. The molecule has 1 heterocycles. The van der Waals surface area contributed by atoms with E-state index in [9.17, 15) is 14.4 Å². The molecule has 1 aliphatic rings. The maximum atomic E-state index is 12.5. The number of imide groups is 1. The van der Waals surface area contributed by atoms with E-state index in [2.05, 4.69) is 5.32 Å². The average Bonchev–Trinajstić information content (AvgIpc) is 3.12. The van der Waals surface area contributed by atoms with E-state index >= 15 is 0 Å². The molecule has 3 amide bonds. The molecule has 10 heteroatoms. The third-order valence-electron chi connectivity index (χ3n) is 5.84. The summed E-state index contributed by atoms with van der Waals surface area (Å²) in [6.45, 7) is 14.1. The largest absolute Gasteiger partial charge is 0.379 e. The molecule has 0 aliphatic carbocycles. The third kappa shape index (κ3) is 14.8. The second-order valence-electron chi connectivity index (χ2n) is 9.81. The fourth-order valence-corrected chi connectivity index (χ4v) is 3.70. The molecule has 210 valence electrons. The van der Waals surface area contributed by atoms with E-state index in [1.54, 1.807) is 0 Å². The van der Waals surface area contributed by atoms with E-state index in [1.807, 2.05) is 27.7 Å². The molecule has 0 spiro atoms. The van der Waals surface area contributed by atoms with E-state index < -0.39 is 0 Å². The first kappa shape index (κ1) is 32.4. The number of carbonyl (C=O) groups excluding carboxylic acids is 3. The summed E-state index contributed by atoms with van der Waals surface area (Å²) in [7, 11) is 0. The van der Waals surface area contributed by atoms with E-state index in [-0.39, 0.29) is 29.1 Å². The van der Waals surface area contributed by atoms with Gasteiger partial charge < -0.3 is 29.0 Å². The molecule has 1 atom stereocenters. The van der Waals surface area contributed by atoms with Crippen LogP contribution >= 0.6 is 0 Å². The highest BCUT2D eigenvalue weighted by atomic mass is 16.6. The Morgan fingerprint density at radius 3 is 1.86 bits per heavy atom. The van der Waals surface area contributed by atoms with Gasteiger partial charge in [0.05, 0.1) is 65.4 Å². The molecule has 1 aliphatic heterocycles. The molecule has 1 rings (SSSR count). The van der Waals surface area contributed by atoms with Crippen LogP contribution in [0.5, 0.6) is 0 Å². The number of carbonyl (C=O) groups is 3. The van der Waals surface area contributed by atoms with E-state index in [0.717, 1.165) is 19.3 Å². The van der Waals surface area contributed by atoms with Crippen molar-refractivity contribution in [3.8, 4) is 0 Å². The Kier molecular flexibility index (Phi) is 17.6. The average molecular weight is 517 g/mol. The summed E-state index contributed by atoms with van der Waals surface area (Å²) < 4.78 is 26.8. The zero-order chi connectivity index (χ0) is 26.7. The molecular weight excluding hydrogens is 468 g/mol. The highest BCUT2D eigenvalue weighted by molar-refractivity contribution is 6.03. The fourth-order valence-electron chi connectivity index (χ4n) is 3.70. The highest BCUT2D eigenvalue weighted by Gasteiger charge is 2.44. The quantitative estimate of drug-likeness (QED) is 0.172. The summed E-state index contributed by atoms with van der Waals surface area (Å²) in [5.74, 6) is -0.384. The van der Waals surface area contributed by atoms with Crippen molar-refractivity contribution in [1.29, 1.82) is 0 Å². The number of nitrogens with one attached hydrogen (secondary N) is 1. The third-order valence-corrected chi connectivity index (χ3v) is 5.84. The normalized spacial score (nSPS) is 16.2. The van der Waals surface area contributed by atoms with Gasteiger partial charge in [0, 0.05) is 32.5 Å². The van der Waals surface area contributed by atoms with Gasteiger partial charge in [0.15, 0.2) is 0 Å². The first-order valence-electron chi connectivity index (χ1n) is 13.3. The second-order valence-corrected chi connectivity index (χ2v) is 9.81. The van der Waals surface area contributed by atoms with Gasteiger partial charge >= 0.3 is 0 Å². The lowest BCUT2D eigenvalue weighted by Gasteiger charge is -2.24. The van der Waals surface area contributed by atoms with Crippen LogP contribution in [0.15, 0.2) is 0 Å². The van der Waals surface area contributed by atoms with Crippen molar-refractivity contribution in [2.45, 2.75) is 59.8 Å². The Labute approximate surface area is 216 Å². The minimum absolute atomic E-state index is 0.0185. The van der Waals surface area contributed by atoms with Crippen molar-refractivity contribution in [1.82, 2.24) is 10.2 Å². The molecule has 0 aromatic rings. The summed E-state index contributed by atoms with van der Waals surface area (Å²) in [6, 6.07) is 0. The van der Waals surface area contributed by atoms with E-state index in [1.165, 1.54) is 4.90 Å². The van der Waals surface area contributed by atoms with Crippen molar-refractivity contribution in [2.75, 3.05) is 79.2 Å². The molecule has 0 aromatic heterocycles. The number of rotatable bonds is 22. The van der Waals surface area contributed by atoms with Gasteiger partial charge in [0.25, 0.3) is 0 Å². The SMILES string of the molecule is CCOCCOCCOCCOCCOCCNC(=O)CCCCCN1C(=O)CC(C(C)(C)C)C1=O. The topological polar surface area (TPSA) is 113 Å². The van der Waals surface area contributed by atoms with Crippen LogP contribution in [0.2, 0.25) is 0 Å². The van der Waals surface area contributed by atoms with Crippen LogP contribution in [-0.4, -0.2) is 102 Å². The van der Waals surface area contributed by atoms with Crippen LogP contribution in [0.4, 0.5) is 0 Å². The van der Waals surface area contributed by atoms with E-state index in [0.29, 0.717) is 92.0 Å². The Morgan fingerprint density at radius 1 is 0.833 bits per heavy atom. The predicted octanol–water partition coefficient (Wildman–Crippen LogP) is 2.19. The number of hydrogen-bond donors (Lipinski definition) is 1. The summed E-state index contributed by atoms with van der Waals surface area (Å²) in [5.41, 5.74) is -0.203. The summed E-state index contributed by atoms with van der Waals surface area (Å²) in [5, 5.41) is 2.83. The lowest BCUT2D eigenvalue weighted by Crippen LogP contribution is -2.34. The molecule has 0 bridgehead atoms. The molecule has 1 saturated heterocycles. The molecule has 1 unspecified atom stereocenters.